The van der Waals surface area contributed by atoms with E-state index in [2.05, 4.69) is 53.5 Å². The lowest BCUT2D eigenvalue weighted by molar-refractivity contribution is -0.152. The molecule has 2 unspecified atom stereocenters. The molecule has 1 aliphatic carbocycles. The molecule has 0 aromatic carbocycles. The molecular weight excluding hydrogens is 454 g/mol. The minimum Gasteiger partial charge on any atom is -0.512 e. The molecule has 0 saturated heterocycles. The van der Waals surface area contributed by atoms with Crippen molar-refractivity contribution < 1.29 is 14.6 Å². The first-order chi connectivity index (χ1) is 15.5. The smallest absolute Gasteiger partial charge is 0.315 e. The number of esters is 1. The molecule has 0 bridgehead atoms. The van der Waals surface area contributed by atoms with Gasteiger partial charge in [0.05, 0.1) is 5.92 Å². The lowest BCUT2D eigenvalue weighted by Crippen LogP contribution is -2.48. The standard InChI is InChI=1S/C26H38ClN3O4/c1-12-10-15(25(4,5)6)18(16(11-12)26(7,8)9)24(33)34-19-13(2)20(27)30-22(19)29-21(28)17(14(3)31)23(30)32/h12,15-16,18,31H,10-11H2,1-9H3,(H2,28,29). The van der Waals surface area contributed by atoms with Crippen LogP contribution in [0.3, 0.4) is 0 Å². The van der Waals surface area contributed by atoms with Gasteiger partial charge in [0.25, 0.3) is 5.56 Å². The third kappa shape index (κ3) is 4.51. The van der Waals surface area contributed by atoms with Crippen LogP contribution in [0.15, 0.2) is 4.79 Å². The molecule has 2 aromatic heterocycles. The van der Waals surface area contributed by atoms with E-state index in [1.54, 1.807) is 6.92 Å². The summed E-state index contributed by atoms with van der Waals surface area (Å²) in [4.78, 5) is 31.2. The Labute approximate surface area is 206 Å². The van der Waals surface area contributed by atoms with Crippen LogP contribution in [0.5, 0.6) is 5.75 Å². The third-order valence-electron chi connectivity index (χ3n) is 7.40. The number of rotatable bonds is 2. The maximum absolute atomic E-state index is 13.9. The second-order valence-electron chi connectivity index (χ2n) is 12.1. The number of aromatic nitrogens is 2. The van der Waals surface area contributed by atoms with Crippen molar-refractivity contribution in [2.24, 2.45) is 34.5 Å². The SMILES string of the molecule is CC(O)=c1c(N)nc2c(OC(=O)C3C(C(C)(C)C)CC(C)CC3C(C)(C)C)c(C)c(Cl)n2c1=O. The van der Waals surface area contributed by atoms with E-state index < -0.39 is 5.56 Å². The van der Waals surface area contributed by atoms with Crippen molar-refractivity contribution in [2.45, 2.75) is 75.2 Å². The first-order valence-electron chi connectivity index (χ1n) is 11.9. The Balaban J connectivity index is 2.17. The summed E-state index contributed by atoms with van der Waals surface area (Å²) in [7, 11) is 0. The zero-order valence-corrected chi connectivity index (χ0v) is 22.5. The molecule has 3 rings (SSSR count). The summed E-state index contributed by atoms with van der Waals surface area (Å²) in [6, 6.07) is 0. The number of anilines is 1. The van der Waals surface area contributed by atoms with E-state index >= 15 is 0 Å². The summed E-state index contributed by atoms with van der Waals surface area (Å²) in [6.45, 7) is 18.3. The van der Waals surface area contributed by atoms with Crippen LogP contribution < -0.4 is 21.2 Å². The van der Waals surface area contributed by atoms with E-state index in [0.717, 1.165) is 17.2 Å². The monoisotopic (exact) mass is 491 g/mol. The van der Waals surface area contributed by atoms with Crippen LogP contribution in [0.25, 0.3) is 11.4 Å². The number of carbonyl (C=O) groups excluding carboxylic acids is 1. The minimum atomic E-state index is -0.607. The van der Waals surface area contributed by atoms with Crippen LogP contribution in [-0.4, -0.2) is 20.5 Å². The predicted octanol–water partition coefficient (Wildman–Crippen LogP) is 4.92. The highest BCUT2D eigenvalue weighted by Crippen LogP contribution is 2.52. The molecular formula is C26H38ClN3O4. The Morgan fingerprint density at radius 1 is 1.15 bits per heavy atom. The molecule has 0 amide bonds. The van der Waals surface area contributed by atoms with E-state index in [4.69, 9.17) is 22.1 Å². The molecule has 188 valence electrons. The van der Waals surface area contributed by atoms with E-state index in [0.29, 0.717) is 11.5 Å². The van der Waals surface area contributed by atoms with Gasteiger partial charge >= 0.3 is 5.97 Å². The first kappa shape index (κ1) is 26.3. The van der Waals surface area contributed by atoms with Crippen molar-refractivity contribution >= 4 is 34.8 Å². The number of aliphatic hydroxyl groups excluding tert-OH is 1. The van der Waals surface area contributed by atoms with Gasteiger partial charge in [0.2, 0.25) is 0 Å². The molecule has 8 heteroatoms. The molecule has 2 heterocycles. The lowest BCUT2D eigenvalue weighted by Gasteiger charge is -2.49. The second kappa shape index (κ2) is 8.74. The number of halogens is 1. The van der Waals surface area contributed by atoms with Gasteiger partial charge in [0.15, 0.2) is 11.4 Å². The molecule has 7 nitrogen and oxygen atoms in total. The largest absolute Gasteiger partial charge is 0.512 e. The van der Waals surface area contributed by atoms with Gasteiger partial charge in [-0.15, -0.1) is 0 Å². The van der Waals surface area contributed by atoms with Crippen molar-refractivity contribution in [1.82, 2.24) is 9.38 Å². The van der Waals surface area contributed by atoms with Gasteiger partial charge in [-0.25, -0.2) is 9.38 Å². The van der Waals surface area contributed by atoms with Gasteiger partial charge in [-0.1, -0.05) is 60.1 Å². The van der Waals surface area contributed by atoms with E-state index in [9.17, 15) is 14.7 Å². The van der Waals surface area contributed by atoms with E-state index in [1.807, 2.05) is 0 Å². The van der Waals surface area contributed by atoms with Gasteiger partial charge in [0, 0.05) is 5.56 Å². The summed E-state index contributed by atoms with van der Waals surface area (Å²) in [5.74, 6) is -0.148. The van der Waals surface area contributed by atoms with Gasteiger partial charge in [-0.05, 0) is 55.3 Å². The lowest BCUT2D eigenvalue weighted by atomic mass is 9.55. The highest BCUT2D eigenvalue weighted by molar-refractivity contribution is 6.31. The Bertz CT molecular complexity index is 1210. The summed E-state index contributed by atoms with van der Waals surface area (Å²) in [5.41, 5.74) is 5.69. The van der Waals surface area contributed by atoms with Crippen molar-refractivity contribution in [3.8, 4) is 5.75 Å². The Morgan fingerprint density at radius 2 is 1.65 bits per heavy atom. The minimum absolute atomic E-state index is 0.0761. The van der Waals surface area contributed by atoms with Gasteiger partial charge in [-0.2, -0.15) is 0 Å². The summed E-state index contributed by atoms with van der Waals surface area (Å²) in [6.07, 6.45) is 1.88. The zero-order valence-electron chi connectivity index (χ0n) is 21.7. The number of carbonyl (C=O) groups is 1. The fourth-order valence-electron chi connectivity index (χ4n) is 5.58. The van der Waals surface area contributed by atoms with Gasteiger partial charge < -0.3 is 15.6 Å². The quantitative estimate of drug-likeness (QED) is 0.577. The van der Waals surface area contributed by atoms with Crippen molar-refractivity contribution in [1.29, 1.82) is 0 Å². The van der Waals surface area contributed by atoms with Crippen LogP contribution in [0, 0.1) is 41.4 Å². The molecule has 34 heavy (non-hydrogen) atoms. The average molecular weight is 492 g/mol. The summed E-state index contributed by atoms with van der Waals surface area (Å²) in [5, 5.41) is 9.87. The Hall–Kier alpha value is -2.28. The second-order valence-corrected chi connectivity index (χ2v) is 12.5. The van der Waals surface area contributed by atoms with Crippen LogP contribution in [0.2, 0.25) is 5.15 Å². The van der Waals surface area contributed by atoms with Crippen LogP contribution in [0.4, 0.5) is 5.82 Å². The van der Waals surface area contributed by atoms with Gasteiger partial charge in [0.1, 0.15) is 21.9 Å². The fourth-order valence-corrected chi connectivity index (χ4v) is 5.82. The van der Waals surface area contributed by atoms with E-state index in [-0.39, 0.29) is 67.9 Å². The third-order valence-corrected chi connectivity index (χ3v) is 7.85. The van der Waals surface area contributed by atoms with Gasteiger partial charge in [-0.3, -0.25) is 9.59 Å². The maximum atomic E-state index is 13.9. The molecule has 1 fully saturated rings. The number of fused-ring (bicyclic) bond motifs is 1. The van der Waals surface area contributed by atoms with Crippen LogP contribution in [0.1, 0.15) is 73.8 Å². The Morgan fingerprint density at radius 3 is 2.09 bits per heavy atom. The number of aliphatic hydroxyl groups is 1. The molecule has 1 saturated carbocycles. The molecule has 0 spiro atoms. The summed E-state index contributed by atoms with van der Waals surface area (Å²) >= 11 is 6.47. The number of ether oxygens (including phenoxy) is 1. The molecule has 2 atom stereocenters. The van der Waals surface area contributed by atoms with Crippen LogP contribution in [-0.2, 0) is 4.79 Å². The number of nitrogens with zero attached hydrogens (tertiary/aromatic N) is 2. The van der Waals surface area contributed by atoms with Crippen molar-refractivity contribution in [3.63, 3.8) is 0 Å². The average Bonchev–Trinajstić information content (AvgIpc) is 2.90. The molecule has 2 aromatic rings. The first-order valence-corrected chi connectivity index (χ1v) is 12.3. The van der Waals surface area contributed by atoms with Crippen molar-refractivity contribution in [3.05, 3.63) is 26.3 Å². The number of nitrogens with two attached hydrogens (primary N) is 1. The normalized spacial score (nSPS) is 24.9. The Kier molecular flexibility index (Phi) is 6.77. The number of hydrogen-bond donors (Lipinski definition) is 2. The van der Waals surface area contributed by atoms with Crippen molar-refractivity contribution in [2.75, 3.05) is 5.73 Å². The van der Waals surface area contributed by atoms with E-state index in [1.165, 1.54) is 6.92 Å². The predicted molar refractivity (Wildman–Crippen MR) is 136 cm³/mol. The maximum Gasteiger partial charge on any atom is 0.315 e. The highest BCUT2D eigenvalue weighted by atomic mass is 35.5. The van der Waals surface area contributed by atoms with Crippen LogP contribution >= 0.6 is 11.6 Å². The highest BCUT2D eigenvalue weighted by Gasteiger charge is 2.50. The molecule has 0 aliphatic heterocycles. The topological polar surface area (TPSA) is 107 Å². The molecule has 1 aliphatic rings. The molecule has 0 radical (unpaired) electrons. The number of hydrogen-bond acceptors (Lipinski definition) is 6. The fraction of sp³-hybridized carbons (Fsp3) is 0.654. The molecule has 3 N–H and O–H groups in total. The number of nitrogen functional groups attached to an aromatic ring is 1. The zero-order chi connectivity index (χ0) is 25.9. The summed E-state index contributed by atoms with van der Waals surface area (Å²) < 4.78 is 7.18.